The molecule has 1 heterocycles. The summed E-state index contributed by atoms with van der Waals surface area (Å²) in [5.74, 6) is 0. The van der Waals surface area contributed by atoms with Gasteiger partial charge < -0.3 is 0 Å². The molecule has 0 spiro atoms. The minimum atomic E-state index is -4.01. The second-order valence-electron chi connectivity index (χ2n) is 1.69. The Labute approximate surface area is 68.0 Å². The Morgan fingerprint density at radius 3 is 2.82 bits per heavy atom. The SMILES string of the molecule is O=S(=O)(O)/C=C/c1nccs1. The topological polar surface area (TPSA) is 67.3 Å². The van der Waals surface area contributed by atoms with Crippen LogP contribution in [0.4, 0.5) is 0 Å². The lowest BCUT2D eigenvalue weighted by molar-refractivity contribution is 0.494. The zero-order valence-electron chi connectivity index (χ0n) is 5.34. The van der Waals surface area contributed by atoms with Crippen LogP contribution in [0.25, 0.3) is 6.08 Å². The zero-order valence-corrected chi connectivity index (χ0v) is 6.97. The Morgan fingerprint density at radius 1 is 1.64 bits per heavy atom. The monoisotopic (exact) mass is 191 g/mol. The standard InChI is InChI=1S/C5H5NO3S2/c7-11(8,9)4-1-5-6-2-3-10-5/h1-4H,(H,7,8,9)/b4-1+. The van der Waals surface area contributed by atoms with Gasteiger partial charge in [-0.1, -0.05) is 0 Å². The molecule has 1 aromatic heterocycles. The number of hydrogen-bond acceptors (Lipinski definition) is 4. The number of hydrogen-bond donors (Lipinski definition) is 1. The van der Waals surface area contributed by atoms with E-state index in [1.165, 1.54) is 17.4 Å². The summed E-state index contributed by atoms with van der Waals surface area (Å²) in [6.07, 6.45) is 2.79. The molecular weight excluding hydrogens is 186 g/mol. The maximum Gasteiger partial charge on any atom is 0.287 e. The lowest BCUT2D eigenvalue weighted by Gasteiger charge is -1.81. The van der Waals surface area contributed by atoms with Crippen molar-refractivity contribution in [3.05, 3.63) is 22.0 Å². The Hall–Kier alpha value is -0.720. The molecule has 1 rings (SSSR count). The first-order valence-corrected chi connectivity index (χ1v) is 5.01. The van der Waals surface area contributed by atoms with E-state index in [-0.39, 0.29) is 0 Å². The zero-order chi connectivity index (χ0) is 8.32. The molecule has 0 aliphatic heterocycles. The molecular formula is C5H5NO3S2. The van der Waals surface area contributed by atoms with Crippen LogP contribution < -0.4 is 0 Å². The normalized spacial score (nSPS) is 12.5. The summed E-state index contributed by atoms with van der Waals surface area (Å²) in [6, 6.07) is 0. The molecule has 0 atom stereocenters. The van der Waals surface area contributed by atoms with Crippen molar-refractivity contribution >= 4 is 27.5 Å². The van der Waals surface area contributed by atoms with E-state index >= 15 is 0 Å². The molecule has 0 saturated heterocycles. The van der Waals surface area contributed by atoms with Crippen molar-refractivity contribution in [3.8, 4) is 0 Å². The van der Waals surface area contributed by atoms with Crippen LogP contribution in [0.3, 0.4) is 0 Å². The van der Waals surface area contributed by atoms with E-state index in [1.807, 2.05) is 0 Å². The smallest absolute Gasteiger partial charge is 0.282 e. The van der Waals surface area contributed by atoms with Gasteiger partial charge in [-0.15, -0.1) is 11.3 Å². The predicted molar refractivity (Wildman–Crippen MR) is 42.7 cm³/mol. The van der Waals surface area contributed by atoms with Crippen LogP contribution in [0.1, 0.15) is 5.01 Å². The molecule has 0 bridgehead atoms. The minimum Gasteiger partial charge on any atom is -0.282 e. The number of aromatic nitrogens is 1. The lowest BCUT2D eigenvalue weighted by Crippen LogP contribution is -1.88. The third-order valence-corrected chi connectivity index (χ3v) is 2.05. The van der Waals surface area contributed by atoms with E-state index in [0.29, 0.717) is 10.4 Å². The summed E-state index contributed by atoms with van der Waals surface area (Å²) in [7, 11) is -4.01. The second-order valence-corrected chi connectivity index (χ2v) is 3.92. The average molecular weight is 191 g/mol. The highest BCUT2D eigenvalue weighted by molar-refractivity contribution is 7.88. The minimum absolute atomic E-state index is 0.544. The molecule has 0 amide bonds. The van der Waals surface area contributed by atoms with E-state index in [2.05, 4.69) is 4.98 Å². The number of nitrogens with zero attached hydrogens (tertiary/aromatic N) is 1. The molecule has 0 aliphatic carbocycles. The van der Waals surface area contributed by atoms with Gasteiger partial charge in [0.2, 0.25) is 0 Å². The fourth-order valence-electron chi connectivity index (χ4n) is 0.461. The highest BCUT2D eigenvalue weighted by Gasteiger charge is 1.95. The van der Waals surface area contributed by atoms with Gasteiger partial charge in [-0.3, -0.25) is 4.55 Å². The van der Waals surface area contributed by atoms with Gasteiger partial charge in [0.1, 0.15) is 5.01 Å². The molecule has 6 heteroatoms. The molecule has 11 heavy (non-hydrogen) atoms. The van der Waals surface area contributed by atoms with Gasteiger partial charge in [-0.2, -0.15) is 8.42 Å². The summed E-state index contributed by atoms with van der Waals surface area (Å²) in [6.45, 7) is 0. The molecule has 0 aliphatic rings. The Kier molecular flexibility index (Phi) is 2.38. The van der Waals surface area contributed by atoms with Gasteiger partial charge in [0, 0.05) is 11.6 Å². The predicted octanol–water partition coefficient (Wildman–Crippen LogP) is 1.00. The van der Waals surface area contributed by atoms with Crippen LogP contribution in [-0.2, 0) is 10.1 Å². The summed E-state index contributed by atoms with van der Waals surface area (Å²) in [4.78, 5) is 3.78. The highest BCUT2D eigenvalue weighted by Crippen LogP contribution is 2.06. The highest BCUT2D eigenvalue weighted by atomic mass is 32.2. The Bertz CT molecular complexity index is 338. The Morgan fingerprint density at radius 2 is 2.36 bits per heavy atom. The molecule has 0 saturated carbocycles. The molecule has 1 aromatic rings. The van der Waals surface area contributed by atoms with Crippen molar-refractivity contribution in [1.82, 2.24) is 4.98 Å². The second kappa shape index (κ2) is 3.12. The van der Waals surface area contributed by atoms with E-state index in [4.69, 9.17) is 4.55 Å². The first-order chi connectivity index (χ1) is 5.08. The van der Waals surface area contributed by atoms with Crippen LogP contribution >= 0.6 is 11.3 Å². The van der Waals surface area contributed by atoms with E-state index in [1.54, 1.807) is 11.6 Å². The van der Waals surface area contributed by atoms with Crippen molar-refractivity contribution < 1.29 is 13.0 Å². The summed E-state index contributed by atoms with van der Waals surface area (Å²) >= 11 is 1.29. The fraction of sp³-hybridized carbons (Fsp3) is 0. The maximum absolute atomic E-state index is 10.2. The van der Waals surface area contributed by atoms with Gasteiger partial charge in [0.05, 0.1) is 5.41 Å². The fourth-order valence-corrected chi connectivity index (χ4v) is 1.38. The average Bonchev–Trinajstić information content (AvgIpc) is 2.32. The third kappa shape index (κ3) is 3.26. The van der Waals surface area contributed by atoms with Gasteiger partial charge >= 0.3 is 0 Å². The number of thiazole rings is 1. The summed E-state index contributed by atoms with van der Waals surface area (Å²) in [5.41, 5.74) is 0. The Balaban J connectivity index is 2.79. The van der Waals surface area contributed by atoms with Crippen molar-refractivity contribution in [3.63, 3.8) is 0 Å². The van der Waals surface area contributed by atoms with Gasteiger partial charge in [-0.25, -0.2) is 4.98 Å². The third-order valence-electron chi connectivity index (χ3n) is 0.834. The van der Waals surface area contributed by atoms with E-state index < -0.39 is 10.1 Å². The molecule has 60 valence electrons. The van der Waals surface area contributed by atoms with Crippen LogP contribution in [0.2, 0.25) is 0 Å². The van der Waals surface area contributed by atoms with Gasteiger partial charge in [0.25, 0.3) is 10.1 Å². The van der Waals surface area contributed by atoms with Crippen molar-refractivity contribution in [2.24, 2.45) is 0 Å². The van der Waals surface area contributed by atoms with Gasteiger partial charge in [0.15, 0.2) is 0 Å². The largest absolute Gasteiger partial charge is 0.287 e. The van der Waals surface area contributed by atoms with Gasteiger partial charge in [-0.05, 0) is 6.08 Å². The first kappa shape index (κ1) is 8.38. The summed E-state index contributed by atoms with van der Waals surface area (Å²) < 4.78 is 28.6. The van der Waals surface area contributed by atoms with E-state index in [9.17, 15) is 8.42 Å². The first-order valence-electron chi connectivity index (χ1n) is 2.63. The quantitative estimate of drug-likeness (QED) is 0.708. The summed E-state index contributed by atoms with van der Waals surface area (Å²) in [5, 5.41) is 2.96. The van der Waals surface area contributed by atoms with Crippen molar-refractivity contribution in [2.75, 3.05) is 0 Å². The molecule has 0 aromatic carbocycles. The molecule has 0 fully saturated rings. The molecule has 0 radical (unpaired) electrons. The lowest BCUT2D eigenvalue weighted by atomic mass is 10.7. The molecule has 1 N–H and O–H groups in total. The van der Waals surface area contributed by atoms with Crippen molar-refractivity contribution in [2.45, 2.75) is 0 Å². The van der Waals surface area contributed by atoms with Crippen LogP contribution in [0.15, 0.2) is 17.0 Å². The van der Waals surface area contributed by atoms with E-state index in [0.717, 1.165) is 0 Å². The van der Waals surface area contributed by atoms with Crippen molar-refractivity contribution in [1.29, 1.82) is 0 Å². The van der Waals surface area contributed by atoms with Crippen LogP contribution in [0.5, 0.6) is 0 Å². The molecule has 0 unspecified atom stereocenters. The molecule has 4 nitrogen and oxygen atoms in total. The van der Waals surface area contributed by atoms with Crippen LogP contribution in [-0.4, -0.2) is 18.0 Å². The number of rotatable bonds is 2. The van der Waals surface area contributed by atoms with Crippen LogP contribution in [0, 0.1) is 0 Å². The maximum atomic E-state index is 10.2.